The number of benzene rings is 2. The van der Waals surface area contributed by atoms with E-state index in [1.807, 2.05) is 0 Å². The van der Waals surface area contributed by atoms with E-state index in [0.717, 1.165) is 4.57 Å². The Kier molecular flexibility index (Phi) is 9.95. The second-order valence-corrected chi connectivity index (χ2v) is 8.59. The lowest BCUT2D eigenvalue weighted by Crippen LogP contribution is -2.48. The van der Waals surface area contributed by atoms with Gasteiger partial charge in [0.1, 0.15) is 24.4 Å². The molecule has 0 fully saturated rings. The Hall–Kier alpha value is -5.01. The Balaban J connectivity index is 1.79. The molecule has 2 atom stereocenters. The average Bonchev–Trinajstić information content (AvgIpc) is 2.94. The number of hydrogen-bond acceptors (Lipinski definition) is 6. The van der Waals surface area contributed by atoms with E-state index in [1.165, 1.54) is 37.4 Å². The Morgan fingerprint density at radius 2 is 1.61 bits per heavy atom. The van der Waals surface area contributed by atoms with Crippen LogP contribution in [0.15, 0.2) is 59.5 Å². The van der Waals surface area contributed by atoms with E-state index in [0.29, 0.717) is 0 Å². The highest BCUT2D eigenvalue weighted by Gasteiger charge is 2.30. The van der Waals surface area contributed by atoms with Gasteiger partial charge in [0.15, 0.2) is 23.2 Å². The van der Waals surface area contributed by atoms with Crippen molar-refractivity contribution < 1.29 is 46.6 Å². The number of carbonyl (C=O) groups is 4. The molecule has 0 aliphatic heterocycles. The lowest BCUT2D eigenvalue weighted by Gasteiger charge is -2.22. The first kappa shape index (κ1) is 30.5. The molecule has 1 aromatic heterocycles. The van der Waals surface area contributed by atoms with Crippen LogP contribution in [0.1, 0.15) is 36.2 Å². The van der Waals surface area contributed by atoms with Crippen molar-refractivity contribution in [3.63, 3.8) is 0 Å². The Morgan fingerprint density at radius 3 is 2.20 bits per heavy atom. The van der Waals surface area contributed by atoms with Crippen molar-refractivity contribution in [2.75, 3.05) is 11.9 Å². The summed E-state index contributed by atoms with van der Waals surface area (Å²) in [5.74, 6) is -13.3. The Bertz CT molecular complexity index is 1500. The number of anilines is 1. The second-order valence-electron chi connectivity index (χ2n) is 8.59. The Labute approximate surface area is 229 Å². The molecule has 41 heavy (non-hydrogen) atoms. The van der Waals surface area contributed by atoms with Crippen LogP contribution in [0.25, 0.3) is 0 Å². The highest BCUT2D eigenvalue weighted by atomic mass is 19.2. The van der Waals surface area contributed by atoms with Gasteiger partial charge in [-0.3, -0.25) is 24.0 Å². The third kappa shape index (κ3) is 7.35. The zero-order valence-corrected chi connectivity index (χ0v) is 21.3. The molecule has 2 amide bonds. The van der Waals surface area contributed by atoms with Gasteiger partial charge in [-0.05, 0) is 30.7 Å². The lowest BCUT2D eigenvalue weighted by atomic mass is 10.1. The number of hydrogen-bond donors (Lipinski definition) is 3. The summed E-state index contributed by atoms with van der Waals surface area (Å²) in [6, 6.07) is 7.52. The Morgan fingerprint density at radius 1 is 0.976 bits per heavy atom. The molecule has 0 aliphatic carbocycles. The van der Waals surface area contributed by atoms with Crippen LogP contribution in [-0.4, -0.2) is 45.9 Å². The second kappa shape index (κ2) is 13.4. The number of ketones is 1. The number of aromatic nitrogens is 1. The van der Waals surface area contributed by atoms with Gasteiger partial charge in [0.05, 0.1) is 6.42 Å². The number of carboxylic acids is 1. The molecule has 0 radical (unpaired) electrons. The van der Waals surface area contributed by atoms with E-state index < -0.39 is 83.3 Å². The maximum atomic E-state index is 13.9. The third-order valence-electron chi connectivity index (χ3n) is 5.80. The largest absolute Gasteiger partial charge is 0.481 e. The van der Waals surface area contributed by atoms with Crippen LogP contribution < -0.4 is 20.9 Å². The van der Waals surface area contributed by atoms with Crippen LogP contribution in [0.4, 0.5) is 23.2 Å². The summed E-state index contributed by atoms with van der Waals surface area (Å²) < 4.78 is 60.1. The minimum Gasteiger partial charge on any atom is -0.481 e. The predicted octanol–water partition coefficient (Wildman–Crippen LogP) is 3.22. The average molecular weight is 577 g/mol. The number of pyridine rings is 1. The van der Waals surface area contributed by atoms with E-state index in [2.05, 4.69) is 15.4 Å². The molecule has 2 unspecified atom stereocenters. The highest BCUT2D eigenvalue weighted by Crippen LogP contribution is 2.26. The van der Waals surface area contributed by atoms with Gasteiger partial charge in [-0.1, -0.05) is 25.1 Å². The zero-order chi connectivity index (χ0) is 30.3. The quantitative estimate of drug-likeness (QED) is 0.222. The SMILES string of the molecule is CCC(C(=O)NC(CC(=O)O)C(=O)COc1c(F)c(F)cc(F)c1F)n1cccc(NC(=O)c2ccccc2)c1=O. The summed E-state index contributed by atoms with van der Waals surface area (Å²) in [4.78, 5) is 62.6. The van der Waals surface area contributed by atoms with Crippen molar-refractivity contribution in [2.24, 2.45) is 0 Å². The van der Waals surface area contributed by atoms with Gasteiger partial charge in [-0.2, -0.15) is 8.78 Å². The van der Waals surface area contributed by atoms with Crippen molar-refractivity contribution in [1.82, 2.24) is 9.88 Å². The molecular formula is C27H23F4N3O7. The topological polar surface area (TPSA) is 144 Å². The van der Waals surface area contributed by atoms with Gasteiger partial charge >= 0.3 is 5.97 Å². The molecule has 216 valence electrons. The normalized spacial score (nSPS) is 12.2. The van der Waals surface area contributed by atoms with E-state index in [4.69, 9.17) is 0 Å². The molecule has 14 heteroatoms. The fraction of sp³-hybridized carbons (Fsp3) is 0.222. The van der Waals surface area contributed by atoms with Gasteiger partial charge < -0.3 is 25.0 Å². The first-order valence-corrected chi connectivity index (χ1v) is 12.0. The van der Waals surface area contributed by atoms with Crippen molar-refractivity contribution in [3.05, 3.63) is 93.9 Å². The number of nitrogens with one attached hydrogen (secondary N) is 2. The van der Waals surface area contributed by atoms with Crippen molar-refractivity contribution in [2.45, 2.75) is 31.8 Å². The fourth-order valence-electron chi connectivity index (χ4n) is 3.75. The van der Waals surface area contributed by atoms with E-state index >= 15 is 0 Å². The van der Waals surface area contributed by atoms with Gasteiger partial charge in [-0.15, -0.1) is 0 Å². The predicted molar refractivity (Wildman–Crippen MR) is 135 cm³/mol. The van der Waals surface area contributed by atoms with Gasteiger partial charge in [-0.25, -0.2) is 8.78 Å². The monoisotopic (exact) mass is 577 g/mol. The maximum Gasteiger partial charge on any atom is 0.305 e. The number of amides is 2. The van der Waals surface area contributed by atoms with Gasteiger partial charge in [0.2, 0.25) is 17.5 Å². The molecule has 0 aliphatic rings. The molecule has 3 rings (SSSR count). The molecule has 10 nitrogen and oxygen atoms in total. The first-order valence-electron chi connectivity index (χ1n) is 12.0. The van der Waals surface area contributed by atoms with Crippen LogP contribution in [0.3, 0.4) is 0 Å². The molecule has 3 aromatic rings. The summed E-state index contributed by atoms with van der Waals surface area (Å²) in [6.07, 6.45) is 0.232. The first-order chi connectivity index (χ1) is 19.4. The van der Waals surface area contributed by atoms with Gasteiger partial charge in [0.25, 0.3) is 11.5 Å². The number of ether oxygens (including phenoxy) is 1. The van der Waals surface area contributed by atoms with Gasteiger partial charge in [0, 0.05) is 17.8 Å². The van der Waals surface area contributed by atoms with Crippen LogP contribution in [-0.2, 0) is 14.4 Å². The number of carbonyl (C=O) groups excluding carboxylic acids is 3. The highest BCUT2D eigenvalue weighted by molar-refractivity contribution is 6.04. The van der Waals surface area contributed by atoms with E-state index in [-0.39, 0.29) is 23.7 Å². The maximum absolute atomic E-state index is 13.9. The third-order valence-corrected chi connectivity index (χ3v) is 5.80. The minimum atomic E-state index is -1.92. The molecule has 0 bridgehead atoms. The molecule has 0 saturated heterocycles. The summed E-state index contributed by atoms with van der Waals surface area (Å²) >= 11 is 0. The lowest BCUT2D eigenvalue weighted by molar-refractivity contribution is -0.140. The summed E-state index contributed by atoms with van der Waals surface area (Å²) in [7, 11) is 0. The van der Waals surface area contributed by atoms with E-state index in [9.17, 15) is 46.6 Å². The smallest absolute Gasteiger partial charge is 0.305 e. The number of rotatable bonds is 12. The molecular weight excluding hydrogens is 554 g/mol. The number of halogens is 4. The minimum absolute atomic E-state index is 0.0225. The van der Waals surface area contributed by atoms with Crippen molar-refractivity contribution in [1.29, 1.82) is 0 Å². The molecule has 3 N–H and O–H groups in total. The molecule has 1 heterocycles. The van der Waals surface area contributed by atoms with Crippen LogP contribution in [0.5, 0.6) is 5.75 Å². The van der Waals surface area contributed by atoms with E-state index in [1.54, 1.807) is 18.2 Å². The van der Waals surface area contributed by atoms with Crippen molar-refractivity contribution >= 4 is 29.3 Å². The molecule has 2 aromatic carbocycles. The molecule has 0 spiro atoms. The summed E-state index contributed by atoms with van der Waals surface area (Å²) in [5.41, 5.74) is -0.669. The summed E-state index contributed by atoms with van der Waals surface area (Å²) in [6.45, 7) is 0.264. The van der Waals surface area contributed by atoms with Crippen LogP contribution >= 0.6 is 0 Å². The van der Waals surface area contributed by atoms with Crippen LogP contribution in [0, 0.1) is 23.3 Å². The van der Waals surface area contributed by atoms with Crippen molar-refractivity contribution in [3.8, 4) is 5.75 Å². The number of Topliss-reactive ketones (excluding diaryl/α,β-unsaturated/α-hetero) is 1. The molecule has 0 saturated carbocycles. The number of aliphatic carboxylic acids is 1. The van der Waals surface area contributed by atoms with Crippen LogP contribution in [0.2, 0.25) is 0 Å². The summed E-state index contributed by atoms with van der Waals surface area (Å²) in [5, 5.41) is 13.8. The fourth-order valence-corrected chi connectivity index (χ4v) is 3.75. The number of nitrogens with zero attached hydrogens (tertiary/aromatic N) is 1. The number of carboxylic acid groups (broad SMARTS) is 1. The zero-order valence-electron chi connectivity index (χ0n) is 21.3. The standard InChI is InChI=1S/C27H23F4N3O7/c1-2-19(34-10-6-9-17(27(34)40)32-25(38)14-7-4-3-5-8-14)26(39)33-18(12-21(36)37)20(35)13-41-24-22(30)15(28)11-16(29)23(24)31/h3-11,18-19H,2,12-13H2,1H3,(H,32,38)(H,33,39)(H,36,37).